The first-order valence-electron chi connectivity index (χ1n) is 15.4. The summed E-state index contributed by atoms with van der Waals surface area (Å²) in [6, 6.07) is 38.6. The van der Waals surface area contributed by atoms with Gasteiger partial charge in [0.15, 0.2) is 0 Å². The van der Waals surface area contributed by atoms with Crippen molar-refractivity contribution in [1.82, 2.24) is 0 Å². The molecule has 230 valence electrons. The number of halogens is 2. The van der Waals surface area contributed by atoms with Gasteiger partial charge in [-0.1, -0.05) is 87.6 Å². The van der Waals surface area contributed by atoms with Gasteiger partial charge in [0.1, 0.15) is 11.5 Å². The van der Waals surface area contributed by atoms with Crippen LogP contribution in [0.2, 0.25) is 13.1 Å². The predicted octanol–water partition coefficient (Wildman–Crippen LogP) is 13.2. The molecule has 8 aromatic rings. The van der Waals surface area contributed by atoms with E-state index in [1.165, 1.54) is 54.6 Å². The summed E-state index contributed by atoms with van der Waals surface area (Å²) in [5.41, 5.74) is 5.12. The van der Waals surface area contributed by atoms with Crippen molar-refractivity contribution >= 4 is 69.6 Å². The van der Waals surface area contributed by atoms with E-state index in [2.05, 4.69) is 124 Å². The molecule has 0 spiro atoms. The summed E-state index contributed by atoms with van der Waals surface area (Å²) in [5, 5.41) is 9.82. The molecule has 0 atom stereocenters. The molecule has 46 heavy (non-hydrogen) atoms. The van der Waals surface area contributed by atoms with E-state index in [0.29, 0.717) is 0 Å². The third kappa shape index (κ3) is 7.53. The van der Waals surface area contributed by atoms with Gasteiger partial charge in [0.2, 0.25) is 0 Å². The zero-order valence-electron chi connectivity index (χ0n) is 26.5. The molecule has 0 fully saturated rings. The van der Waals surface area contributed by atoms with Crippen LogP contribution in [0.4, 0.5) is 0 Å². The first-order chi connectivity index (χ1) is 22.6. The third-order valence-corrected chi connectivity index (χ3v) is 7.95. The molecule has 6 heteroatoms. The Morgan fingerprint density at radius 3 is 1.37 bits per heavy atom. The van der Waals surface area contributed by atoms with Crippen LogP contribution >= 0.6 is 17.0 Å². The van der Waals surface area contributed by atoms with Crippen molar-refractivity contribution in [3.05, 3.63) is 133 Å². The van der Waals surface area contributed by atoms with Crippen LogP contribution in [0.1, 0.15) is 25.0 Å². The summed E-state index contributed by atoms with van der Waals surface area (Å²) < 4.78 is 11.7. The molecule has 0 aliphatic heterocycles. The first kappa shape index (κ1) is 34.2. The second-order valence-corrected chi connectivity index (χ2v) is 15.7. The molecule has 0 saturated carbocycles. The predicted molar refractivity (Wildman–Crippen MR) is 197 cm³/mol. The van der Waals surface area contributed by atoms with Crippen molar-refractivity contribution < 1.29 is 29.7 Å². The summed E-state index contributed by atoms with van der Waals surface area (Å²) in [7, 11) is 11.0. The van der Waals surface area contributed by atoms with Gasteiger partial charge in [-0.15, -0.1) is 69.1 Å². The number of furan rings is 2. The van der Waals surface area contributed by atoms with E-state index in [0.717, 1.165) is 44.7 Å². The number of aryl methyl sites for hydroxylation is 2. The van der Waals surface area contributed by atoms with E-state index >= 15 is 0 Å². The van der Waals surface area contributed by atoms with Crippen LogP contribution in [0.25, 0.3) is 65.7 Å². The summed E-state index contributed by atoms with van der Waals surface area (Å²) in [5.74, 6) is 1.94. The molecule has 0 saturated heterocycles. The van der Waals surface area contributed by atoms with Crippen molar-refractivity contribution in [3.63, 3.8) is 0 Å². The van der Waals surface area contributed by atoms with Crippen LogP contribution < -0.4 is 0 Å². The molecule has 6 aromatic carbocycles. The molecular formula is C40H36Cl2O2SiZr. The van der Waals surface area contributed by atoms with Crippen LogP contribution in [-0.4, -0.2) is 9.52 Å². The SMILES string of the molecule is CCc1cc2c(-c3occ4ccccc34)cccc2[cH-]1.CCc1cc2c(-c3occ4ccccc34)cccc2[cH-]1.C[Si]C.[Cl][Zr+2][Cl]. The van der Waals surface area contributed by atoms with Crippen molar-refractivity contribution in [2.45, 2.75) is 39.8 Å². The number of benzene rings is 4. The number of rotatable bonds is 4. The van der Waals surface area contributed by atoms with E-state index in [4.69, 9.17) is 25.9 Å². The zero-order chi connectivity index (χ0) is 32.5. The molecule has 2 aromatic heterocycles. The van der Waals surface area contributed by atoms with Gasteiger partial charge in [0.25, 0.3) is 0 Å². The molecular weight excluding hydrogens is 703 g/mol. The maximum absolute atomic E-state index is 5.85. The summed E-state index contributed by atoms with van der Waals surface area (Å²) >= 11 is -0.826. The van der Waals surface area contributed by atoms with E-state index in [9.17, 15) is 0 Å². The van der Waals surface area contributed by atoms with Crippen LogP contribution in [0, 0.1) is 0 Å². The molecule has 8 rings (SSSR count). The number of fused-ring (bicyclic) bond motifs is 4. The summed E-state index contributed by atoms with van der Waals surface area (Å²) in [6.45, 7) is 8.69. The summed E-state index contributed by atoms with van der Waals surface area (Å²) in [6.07, 6.45) is 5.81. The minimum atomic E-state index is -0.826. The topological polar surface area (TPSA) is 26.3 Å². The van der Waals surface area contributed by atoms with Crippen LogP contribution in [0.3, 0.4) is 0 Å². The molecule has 0 N–H and O–H groups in total. The fraction of sp³-hybridized carbons (Fsp3) is 0.150. The second-order valence-electron chi connectivity index (χ2n) is 10.9. The maximum atomic E-state index is 5.85. The van der Waals surface area contributed by atoms with Gasteiger partial charge in [0, 0.05) is 31.1 Å². The standard InChI is InChI=1S/2C19H15O.C2H6Si.2ClH.Zr/c2*1-2-13-10-14-7-5-9-17(18(14)11-13)19-16-8-4-3-6-15(16)12-20-19;1-3-2;;;/h2*3-12H,2H2,1H3;1-2H3;2*1H;/q2*-1;;;;+4/p-2. The monoisotopic (exact) mass is 736 g/mol. The normalized spacial score (nSPS) is 10.6. The molecule has 2 radical (unpaired) electrons. The van der Waals surface area contributed by atoms with Crippen LogP contribution in [-0.2, 0) is 33.7 Å². The minimum absolute atomic E-state index is 0.826. The number of hydrogen-bond donors (Lipinski definition) is 0. The van der Waals surface area contributed by atoms with Gasteiger partial charge >= 0.3 is 37.9 Å². The quantitative estimate of drug-likeness (QED) is 0.133. The Labute approximate surface area is 292 Å². The van der Waals surface area contributed by atoms with Gasteiger partial charge in [0.05, 0.1) is 12.5 Å². The van der Waals surface area contributed by atoms with Gasteiger partial charge in [-0.2, -0.15) is 12.1 Å². The van der Waals surface area contributed by atoms with Gasteiger partial charge < -0.3 is 8.83 Å². The third-order valence-electron chi connectivity index (χ3n) is 7.95. The average molecular weight is 739 g/mol. The first-order valence-corrected chi connectivity index (χ1v) is 23.7. The molecule has 0 unspecified atom stereocenters. The Bertz CT molecular complexity index is 2000. The van der Waals surface area contributed by atoms with Gasteiger partial charge in [-0.3, -0.25) is 0 Å². The van der Waals surface area contributed by atoms with Gasteiger partial charge in [-0.05, 0) is 24.0 Å². The van der Waals surface area contributed by atoms with E-state index < -0.39 is 20.8 Å². The Hall–Kier alpha value is -3.14. The Balaban J connectivity index is 0.000000155. The van der Waals surface area contributed by atoms with Crippen LogP contribution in [0.5, 0.6) is 0 Å². The van der Waals surface area contributed by atoms with Crippen LogP contribution in [0.15, 0.2) is 131 Å². The van der Waals surface area contributed by atoms with E-state index in [-0.39, 0.29) is 0 Å². The number of hydrogen-bond acceptors (Lipinski definition) is 2. The average Bonchev–Trinajstić information content (AvgIpc) is 3.89. The van der Waals surface area contributed by atoms with E-state index in [1.807, 2.05) is 24.7 Å². The molecule has 0 amide bonds. The van der Waals surface area contributed by atoms with Crippen molar-refractivity contribution in [3.8, 4) is 22.6 Å². The molecule has 2 heterocycles. The Morgan fingerprint density at radius 2 is 0.978 bits per heavy atom. The second kappa shape index (κ2) is 16.6. The molecule has 0 aliphatic rings. The van der Waals surface area contributed by atoms with Crippen molar-refractivity contribution in [2.24, 2.45) is 0 Å². The molecule has 2 nitrogen and oxygen atoms in total. The fourth-order valence-electron chi connectivity index (χ4n) is 5.80. The van der Waals surface area contributed by atoms with Gasteiger partial charge in [-0.25, -0.2) is 0 Å². The fourth-order valence-corrected chi connectivity index (χ4v) is 5.80. The molecule has 0 aliphatic carbocycles. The van der Waals surface area contributed by atoms with Crippen molar-refractivity contribution in [1.29, 1.82) is 0 Å². The Morgan fingerprint density at radius 1 is 0.587 bits per heavy atom. The molecule has 0 bridgehead atoms. The summed E-state index contributed by atoms with van der Waals surface area (Å²) in [4.78, 5) is 0. The van der Waals surface area contributed by atoms with Crippen molar-refractivity contribution in [2.75, 3.05) is 0 Å². The Kier molecular flexibility index (Phi) is 12.4. The zero-order valence-corrected chi connectivity index (χ0v) is 31.5. The van der Waals surface area contributed by atoms with E-state index in [1.54, 1.807) is 0 Å².